The molecule has 0 aromatic heterocycles. The van der Waals surface area contributed by atoms with E-state index < -0.39 is 22.1 Å². The van der Waals surface area contributed by atoms with Gasteiger partial charge < -0.3 is 15.6 Å². The lowest BCUT2D eigenvalue weighted by atomic mass is 10.0. The molecule has 0 aliphatic heterocycles. The molecular weight excluding hydrogens is 474 g/mol. The Morgan fingerprint density at radius 3 is 2.36 bits per heavy atom. The zero-order chi connectivity index (χ0) is 21.5. The smallest absolute Gasteiger partial charge is 0.307 e. The Bertz CT molecular complexity index is 918. The first-order valence-corrected chi connectivity index (χ1v) is 10.7. The molecule has 1 atom stereocenters. The van der Waals surface area contributed by atoms with Gasteiger partial charge in [-0.15, -0.1) is 0 Å². The van der Waals surface area contributed by atoms with Gasteiger partial charge in [-0.25, -0.2) is 0 Å². The molecule has 2 aromatic rings. The van der Waals surface area contributed by atoms with Crippen LogP contribution in [0.4, 0.5) is 0 Å². The lowest BCUT2D eigenvalue weighted by molar-refractivity contribution is -0.143. The largest absolute Gasteiger partial charge is 0.506 e. The molecular formula is C18H21BrClNO6S. The summed E-state index contributed by atoms with van der Waals surface area (Å²) < 4.78 is 35.0. The third-order valence-corrected chi connectivity index (χ3v) is 5.08. The number of phenols is 1. The molecule has 7 nitrogen and oxygen atoms in total. The molecule has 0 aliphatic carbocycles. The number of nitrogens with two attached hydrogens (primary N) is 1. The fourth-order valence-corrected chi connectivity index (χ4v) is 3.40. The maximum atomic E-state index is 11.3. The summed E-state index contributed by atoms with van der Waals surface area (Å²) in [5.41, 5.74) is 7.19. The summed E-state index contributed by atoms with van der Waals surface area (Å²) >= 11 is 9.05. The molecule has 2 aromatic carbocycles. The Labute approximate surface area is 177 Å². The molecule has 10 heteroatoms. The first-order valence-electron chi connectivity index (χ1n) is 8.09. The minimum atomic E-state index is -4.02. The molecule has 4 N–H and O–H groups in total. The molecule has 0 spiro atoms. The number of esters is 1. The molecule has 0 fully saturated rings. The monoisotopic (exact) mass is 493 g/mol. The van der Waals surface area contributed by atoms with Gasteiger partial charge in [0.2, 0.25) is 0 Å². The molecule has 0 bridgehead atoms. The number of hydrogen-bond donors (Lipinski definition) is 3. The van der Waals surface area contributed by atoms with Gasteiger partial charge in [-0.3, -0.25) is 9.35 Å². The lowest BCUT2D eigenvalue weighted by Gasteiger charge is -2.14. The minimum absolute atomic E-state index is 0.00577. The number of phenolic OH excluding ortho intramolecular Hbond substituents is 1. The standard InChI is InChI=1S/C11H13BrClNO3.C7H8O3S/c1-2-17-10(15)5-9(14)7-3-6(12)4-8(13)11(7)16;1-6-2-4-7(5-3-6)11(8,9)10/h3-4,9,16H,2,5,14H2,1H3;2-5H,1H3,(H,8,9,10)/t9-;/m0./s1. The number of ether oxygens (including phenoxy) is 1. The van der Waals surface area contributed by atoms with E-state index in [9.17, 15) is 18.3 Å². The summed E-state index contributed by atoms with van der Waals surface area (Å²) in [4.78, 5) is 11.2. The van der Waals surface area contributed by atoms with E-state index in [-0.39, 0.29) is 22.1 Å². The third kappa shape index (κ3) is 7.76. The van der Waals surface area contributed by atoms with Crippen LogP contribution in [-0.2, 0) is 19.6 Å². The predicted molar refractivity (Wildman–Crippen MR) is 110 cm³/mol. The van der Waals surface area contributed by atoms with E-state index >= 15 is 0 Å². The molecule has 0 amide bonds. The molecule has 0 radical (unpaired) electrons. The van der Waals surface area contributed by atoms with Crippen molar-refractivity contribution >= 4 is 43.6 Å². The fraction of sp³-hybridized carbons (Fsp3) is 0.278. The van der Waals surface area contributed by atoms with Gasteiger partial charge in [0.25, 0.3) is 10.1 Å². The van der Waals surface area contributed by atoms with E-state index in [1.807, 2.05) is 6.92 Å². The predicted octanol–water partition coefficient (Wildman–Crippen LogP) is 4.00. The molecule has 0 saturated heterocycles. The summed E-state index contributed by atoms with van der Waals surface area (Å²) in [6.45, 7) is 3.86. The molecule has 0 unspecified atom stereocenters. The molecule has 154 valence electrons. The van der Waals surface area contributed by atoms with E-state index in [1.54, 1.807) is 31.2 Å². The van der Waals surface area contributed by atoms with Gasteiger partial charge in [-0.1, -0.05) is 45.2 Å². The van der Waals surface area contributed by atoms with Crippen LogP contribution in [0, 0.1) is 6.92 Å². The van der Waals surface area contributed by atoms with Crippen molar-refractivity contribution in [3.05, 3.63) is 57.0 Å². The molecule has 0 heterocycles. The highest BCUT2D eigenvalue weighted by Gasteiger charge is 2.18. The normalized spacial score (nSPS) is 11.9. The van der Waals surface area contributed by atoms with Crippen LogP contribution in [0.2, 0.25) is 5.02 Å². The van der Waals surface area contributed by atoms with Gasteiger partial charge >= 0.3 is 5.97 Å². The highest BCUT2D eigenvalue weighted by atomic mass is 79.9. The van der Waals surface area contributed by atoms with Crippen LogP contribution < -0.4 is 5.73 Å². The van der Waals surface area contributed by atoms with Crippen molar-refractivity contribution in [1.29, 1.82) is 0 Å². The van der Waals surface area contributed by atoms with Gasteiger partial charge in [-0.05, 0) is 38.1 Å². The van der Waals surface area contributed by atoms with Crippen molar-refractivity contribution in [3.8, 4) is 5.75 Å². The Balaban J connectivity index is 0.000000307. The summed E-state index contributed by atoms with van der Waals surface area (Å²) in [6.07, 6.45) is -0.00577. The van der Waals surface area contributed by atoms with Crippen molar-refractivity contribution in [1.82, 2.24) is 0 Å². The zero-order valence-electron chi connectivity index (χ0n) is 15.2. The average Bonchev–Trinajstić information content (AvgIpc) is 2.58. The molecule has 0 saturated carbocycles. The number of carbonyl (C=O) groups is 1. The Morgan fingerprint density at radius 1 is 1.29 bits per heavy atom. The highest BCUT2D eigenvalue weighted by molar-refractivity contribution is 9.10. The lowest BCUT2D eigenvalue weighted by Crippen LogP contribution is -2.17. The maximum absolute atomic E-state index is 11.3. The van der Waals surface area contributed by atoms with Crippen LogP contribution in [0.25, 0.3) is 0 Å². The van der Waals surface area contributed by atoms with Crippen molar-refractivity contribution in [3.63, 3.8) is 0 Å². The highest BCUT2D eigenvalue weighted by Crippen LogP contribution is 2.35. The van der Waals surface area contributed by atoms with E-state index in [0.29, 0.717) is 16.6 Å². The summed E-state index contributed by atoms with van der Waals surface area (Å²) in [6, 6.07) is 8.52. The zero-order valence-corrected chi connectivity index (χ0v) is 18.4. The number of aryl methyl sites for hydroxylation is 1. The first-order chi connectivity index (χ1) is 13.0. The Morgan fingerprint density at radius 2 is 1.86 bits per heavy atom. The van der Waals surface area contributed by atoms with Crippen molar-refractivity contribution < 1.29 is 27.6 Å². The quantitative estimate of drug-likeness (QED) is 0.423. The van der Waals surface area contributed by atoms with E-state index in [2.05, 4.69) is 15.9 Å². The van der Waals surface area contributed by atoms with Crippen molar-refractivity contribution in [2.24, 2.45) is 5.73 Å². The van der Waals surface area contributed by atoms with E-state index in [4.69, 9.17) is 26.6 Å². The second kappa shape index (κ2) is 10.8. The van der Waals surface area contributed by atoms with Gasteiger partial charge in [0.05, 0.1) is 22.9 Å². The summed E-state index contributed by atoms with van der Waals surface area (Å²) in [5, 5.41) is 9.94. The van der Waals surface area contributed by atoms with Crippen molar-refractivity contribution in [2.45, 2.75) is 31.2 Å². The van der Waals surface area contributed by atoms with Crippen molar-refractivity contribution in [2.75, 3.05) is 6.61 Å². The number of rotatable bonds is 5. The Kier molecular flexibility index (Phi) is 9.38. The Hall–Kier alpha value is -1.65. The molecule has 2 rings (SSSR count). The summed E-state index contributed by atoms with van der Waals surface area (Å²) in [7, 11) is -4.02. The van der Waals surface area contributed by atoms with Crippen LogP contribution in [0.1, 0.15) is 30.5 Å². The average molecular weight is 495 g/mol. The van der Waals surface area contributed by atoms with Gasteiger partial charge in [0.15, 0.2) is 0 Å². The third-order valence-electron chi connectivity index (χ3n) is 3.47. The second-order valence-electron chi connectivity index (χ2n) is 5.73. The van der Waals surface area contributed by atoms with Gasteiger partial charge in [0.1, 0.15) is 5.75 Å². The number of carbonyl (C=O) groups excluding carboxylic acids is 1. The van der Waals surface area contributed by atoms with Crippen LogP contribution in [0.5, 0.6) is 5.75 Å². The maximum Gasteiger partial charge on any atom is 0.307 e. The fourth-order valence-electron chi connectivity index (χ4n) is 2.09. The number of aromatic hydroxyl groups is 1. The first kappa shape index (κ1) is 24.4. The number of halogens is 2. The van der Waals surface area contributed by atoms with E-state index in [1.165, 1.54) is 12.1 Å². The van der Waals surface area contributed by atoms with Gasteiger partial charge in [0, 0.05) is 16.1 Å². The van der Waals surface area contributed by atoms with Gasteiger partial charge in [-0.2, -0.15) is 8.42 Å². The second-order valence-corrected chi connectivity index (χ2v) is 8.47. The molecule has 28 heavy (non-hydrogen) atoms. The SMILES string of the molecule is CCOC(=O)C[C@H](N)c1cc(Br)cc(Cl)c1O.Cc1ccc(S(=O)(=O)O)cc1. The van der Waals surface area contributed by atoms with Crippen LogP contribution in [-0.4, -0.2) is 30.7 Å². The minimum Gasteiger partial charge on any atom is -0.506 e. The topological polar surface area (TPSA) is 127 Å². The van der Waals surface area contributed by atoms with E-state index in [0.717, 1.165) is 5.56 Å². The number of hydrogen-bond acceptors (Lipinski definition) is 6. The number of benzene rings is 2. The molecule has 0 aliphatic rings. The van der Waals surface area contributed by atoms with Crippen LogP contribution in [0.15, 0.2) is 45.8 Å². The van der Waals surface area contributed by atoms with Crippen LogP contribution in [0.3, 0.4) is 0 Å². The summed E-state index contributed by atoms with van der Waals surface area (Å²) in [5.74, 6) is -0.512. The van der Waals surface area contributed by atoms with Crippen LogP contribution >= 0.6 is 27.5 Å².